The van der Waals surface area contributed by atoms with Gasteiger partial charge in [0.25, 0.3) is 0 Å². The third kappa shape index (κ3) is 6.87. The van der Waals surface area contributed by atoms with Gasteiger partial charge in [-0.3, -0.25) is 0 Å². The first-order valence-electron chi connectivity index (χ1n) is 6.74. The fourth-order valence-electron chi connectivity index (χ4n) is 1.73. The molecule has 0 aliphatic carbocycles. The van der Waals surface area contributed by atoms with Gasteiger partial charge in [-0.1, -0.05) is 26.7 Å². The van der Waals surface area contributed by atoms with E-state index in [0.717, 1.165) is 25.0 Å². The molecule has 118 valence electrons. The highest BCUT2D eigenvalue weighted by Gasteiger charge is 2.30. The molecule has 0 atom stereocenters. The number of carbonyl (C=O) groups excluding carboxylic acids is 1. The summed E-state index contributed by atoms with van der Waals surface area (Å²) in [5, 5.41) is 5.27. The standard InChI is InChI=1S/C14H19F3N2O2/c1-3-10(4-2)9-18-13(20)19-11-5-7-12(8-6-11)21-14(15,16)17/h5-8,10H,3-4,9H2,1-2H3,(H2,18,19,20). The van der Waals surface area contributed by atoms with Crippen LogP contribution in [0.5, 0.6) is 5.75 Å². The maximum atomic E-state index is 12.0. The van der Waals surface area contributed by atoms with Crippen LogP contribution in [0.2, 0.25) is 0 Å². The minimum Gasteiger partial charge on any atom is -0.406 e. The zero-order chi connectivity index (χ0) is 15.9. The number of benzene rings is 1. The van der Waals surface area contributed by atoms with Crippen molar-refractivity contribution >= 4 is 11.7 Å². The van der Waals surface area contributed by atoms with Crippen molar-refractivity contribution in [1.82, 2.24) is 5.32 Å². The van der Waals surface area contributed by atoms with Gasteiger partial charge in [-0.05, 0) is 30.2 Å². The van der Waals surface area contributed by atoms with Crippen LogP contribution >= 0.6 is 0 Å². The third-order valence-electron chi connectivity index (χ3n) is 3.05. The SMILES string of the molecule is CCC(CC)CNC(=O)Nc1ccc(OC(F)(F)F)cc1. The van der Waals surface area contributed by atoms with E-state index in [9.17, 15) is 18.0 Å². The number of carbonyl (C=O) groups is 1. The summed E-state index contributed by atoms with van der Waals surface area (Å²) in [6.45, 7) is 4.66. The van der Waals surface area contributed by atoms with E-state index in [-0.39, 0.29) is 11.8 Å². The first-order valence-corrected chi connectivity index (χ1v) is 6.74. The van der Waals surface area contributed by atoms with Crippen LogP contribution in [-0.2, 0) is 0 Å². The molecule has 0 fully saturated rings. The number of hydrogen-bond donors (Lipinski definition) is 2. The van der Waals surface area contributed by atoms with E-state index in [1.165, 1.54) is 12.1 Å². The van der Waals surface area contributed by atoms with Crippen molar-refractivity contribution in [3.05, 3.63) is 24.3 Å². The normalized spacial score (nSPS) is 11.3. The predicted molar refractivity (Wildman–Crippen MR) is 74.2 cm³/mol. The number of nitrogens with one attached hydrogen (secondary N) is 2. The molecule has 2 N–H and O–H groups in total. The molecule has 0 aromatic heterocycles. The average Bonchev–Trinajstić information content (AvgIpc) is 2.40. The monoisotopic (exact) mass is 304 g/mol. The van der Waals surface area contributed by atoms with Gasteiger partial charge in [0.2, 0.25) is 0 Å². The molecule has 0 saturated heterocycles. The second-order valence-electron chi connectivity index (χ2n) is 4.59. The van der Waals surface area contributed by atoms with Crippen LogP contribution in [0.25, 0.3) is 0 Å². The van der Waals surface area contributed by atoms with Gasteiger partial charge < -0.3 is 15.4 Å². The molecular formula is C14H19F3N2O2. The minimum atomic E-state index is -4.72. The highest BCUT2D eigenvalue weighted by molar-refractivity contribution is 5.89. The van der Waals surface area contributed by atoms with Crippen LogP contribution in [0.15, 0.2) is 24.3 Å². The Bertz CT molecular complexity index is 443. The molecule has 1 aromatic rings. The summed E-state index contributed by atoms with van der Waals surface area (Å²) in [6.07, 6.45) is -2.78. The predicted octanol–water partition coefficient (Wildman–Crippen LogP) is 4.14. The molecular weight excluding hydrogens is 285 g/mol. The van der Waals surface area contributed by atoms with Crippen LogP contribution in [0.1, 0.15) is 26.7 Å². The van der Waals surface area contributed by atoms with E-state index in [1.807, 2.05) is 13.8 Å². The Kier molecular flexibility index (Phi) is 6.33. The Morgan fingerprint density at radius 1 is 1.19 bits per heavy atom. The molecule has 0 spiro atoms. The van der Waals surface area contributed by atoms with Gasteiger partial charge in [0, 0.05) is 12.2 Å². The van der Waals surface area contributed by atoms with E-state index in [2.05, 4.69) is 15.4 Å². The molecule has 21 heavy (non-hydrogen) atoms. The van der Waals surface area contributed by atoms with Crippen LogP contribution in [-0.4, -0.2) is 18.9 Å². The quantitative estimate of drug-likeness (QED) is 0.829. The van der Waals surface area contributed by atoms with Gasteiger partial charge in [-0.2, -0.15) is 0 Å². The van der Waals surface area contributed by atoms with Crippen molar-refractivity contribution in [1.29, 1.82) is 0 Å². The van der Waals surface area contributed by atoms with E-state index >= 15 is 0 Å². The number of hydrogen-bond acceptors (Lipinski definition) is 2. The van der Waals surface area contributed by atoms with E-state index in [4.69, 9.17) is 0 Å². The Labute approximate surface area is 121 Å². The number of alkyl halides is 3. The topological polar surface area (TPSA) is 50.4 Å². The van der Waals surface area contributed by atoms with Crippen molar-refractivity contribution in [2.75, 3.05) is 11.9 Å². The molecule has 0 saturated carbocycles. The number of anilines is 1. The molecule has 7 heteroatoms. The lowest BCUT2D eigenvalue weighted by Gasteiger charge is -2.14. The van der Waals surface area contributed by atoms with Crippen molar-refractivity contribution in [2.24, 2.45) is 5.92 Å². The number of ether oxygens (including phenoxy) is 1. The summed E-state index contributed by atoms with van der Waals surface area (Å²) < 4.78 is 39.7. The van der Waals surface area contributed by atoms with Crippen LogP contribution in [0.3, 0.4) is 0 Å². The zero-order valence-electron chi connectivity index (χ0n) is 12.0. The van der Waals surface area contributed by atoms with Gasteiger partial charge >= 0.3 is 12.4 Å². The molecule has 4 nitrogen and oxygen atoms in total. The zero-order valence-corrected chi connectivity index (χ0v) is 12.0. The molecule has 0 bridgehead atoms. The molecule has 1 aromatic carbocycles. The first-order chi connectivity index (χ1) is 9.84. The van der Waals surface area contributed by atoms with Crippen LogP contribution in [0.4, 0.5) is 23.7 Å². The minimum absolute atomic E-state index is 0.328. The number of amides is 2. The maximum Gasteiger partial charge on any atom is 0.573 e. The van der Waals surface area contributed by atoms with Crippen LogP contribution in [0, 0.1) is 5.92 Å². The van der Waals surface area contributed by atoms with Crippen molar-refractivity contribution in [3.8, 4) is 5.75 Å². The van der Waals surface area contributed by atoms with Gasteiger partial charge in [-0.15, -0.1) is 13.2 Å². The van der Waals surface area contributed by atoms with Gasteiger partial charge in [-0.25, -0.2) is 4.79 Å². The van der Waals surface area contributed by atoms with E-state index in [0.29, 0.717) is 18.2 Å². The molecule has 1 rings (SSSR count). The molecule has 2 amide bonds. The largest absolute Gasteiger partial charge is 0.573 e. The summed E-state index contributed by atoms with van der Waals surface area (Å²) in [4.78, 5) is 11.6. The smallest absolute Gasteiger partial charge is 0.406 e. The summed E-state index contributed by atoms with van der Waals surface area (Å²) in [7, 11) is 0. The lowest BCUT2D eigenvalue weighted by molar-refractivity contribution is -0.274. The second-order valence-corrected chi connectivity index (χ2v) is 4.59. The lowest BCUT2D eigenvalue weighted by atomic mass is 10.0. The van der Waals surface area contributed by atoms with Crippen LogP contribution < -0.4 is 15.4 Å². The van der Waals surface area contributed by atoms with Gasteiger partial charge in [0.1, 0.15) is 5.75 Å². The number of halogens is 3. The van der Waals surface area contributed by atoms with Gasteiger partial charge in [0.15, 0.2) is 0 Å². The van der Waals surface area contributed by atoms with Crippen molar-refractivity contribution < 1.29 is 22.7 Å². The van der Waals surface area contributed by atoms with Crippen molar-refractivity contribution in [3.63, 3.8) is 0 Å². The molecule has 0 unspecified atom stereocenters. The van der Waals surface area contributed by atoms with E-state index < -0.39 is 6.36 Å². The molecule has 0 aliphatic heterocycles. The highest BCUT2D eigenvalue weighted by Crippen LogP contribution is 2.23. The molecule has 0 aliphatic rings. The number of rotatable bonds is 6. The van der Waals surface area contributed by atoms with E-state index in [1.54, 1.807) is 0 Å². The Hall–Kier alpha value is -1.92. The summed E-state index contributed by atoms with van der Waals surface area (Å²) in [6, 6.07) is 4.59. The highest BCUT2D eigenvalue weighted by atomic mass is 19.4. The van der Waals surface area contributed by atoms with Gasteiger partial charge in [0.05, 0.1) is 0 Å². The third-order valence-corrected chi connectivity index (χ3v) is 3.05. The lowest BCUT2D eigenvalue weighted by Crippen LogP contribution is -2.32. The summed E-state index contributed by atoms with van der Waals surface area (Å²) in [5.74, 6) is 0.0869. The summed E-state index contributed by atoms with van der Waals surface area (Å²) >= 11 is 0. The fourth-order valence-corrected chi connectivity index (χ4v) is 1.73. The number of urea groups is 1. The van der Waals surface area contributed by atoms with Crippen molar-refractivity contribution in [2.45, 2.75) is 33.1 Å². The second kappa shape index (κ2) is 7.75. The maximum absolute atomic E-state index is 12.0. The Balaban J connectivity index is 2.46. The summed E-state index contributed by atoms with van der Waals surface area (Å²) in [5.41, 5.74) is 0.395. The Morgan fingerprint density at radius 2 is 1.76 bits per heavy atom. The Morgan fingerprint density at radius 3 is 2.24 bits per heavy atom. The molecule has 0 radical (unpaired) electrons. The molecule has 0 heterocycles. The first kappa shape index (κ1) is 17.1. The fraction of sp³-hybridized carbons (Fsp3) is 0.500. The average molecular weight is 304 g/mol.